The van der Waals surface area contributed by atoms with Gasteiger partial charge in [0.15, 0.2) is 0 Å². The van der Waals surface area contributed by atoms with Crippen LogP contribution in [0.4, 0.5) is 5.69 Å². The van der Waals surface area contributed by atoms with E-state index < -0.39 is 0 Å². The molecule has 0 bridgehead atoms. The molecule has 21 heavy (non-hydrogen) atoms. The first-order chi connectivity index (χ1) is 10.2. The number of rotatable bonds is 3. The molecule has 3 rings (SSSR count). The van der Waals surface area contributed by atoms with E-state index in [0.717, 1.165) is 21.2 Å². The van der Waals surface area contributed by atoms with E-state index in [4.69, 9.17) is 0 Å². The number of hydrogen-bond acceptors (Lipinski definition) is 3. The summed E-state index contributed by atoms with van der Waals surface area (Å²) in [5, 5.41) is 8.64. The van der Waals surface area contributed by atoms with Crippen molar-refractivity contribution in [1.82, 2.24) is 9.78 Å². The van der Waals surface area contributed by atoms with Gasteiger partial charge in [0.1, 0.15) is 12.2 Å². The molecule has 106 valence electrons. The smallest absolute Gasteiger partial charge is 0.204 e. The van der Waals surface area contributed by atoms with Gasteiger partial charge in [0.25, 0.3) is 0 Å². The Labute approximate surface area is 130 Å². The summed E-state index contributed by atoms with van der Waals surface area (Å²) in [6, 6.07) is 15.0. The van der Waals surface area contributed by atoms with Gasteiger partial charge < -0.3 is 5.32 Å². The van der Waals surface area contributed by atoms with Crippen molar-refractivity contribution in [3.63, 3.8) is 0 Å². The lowest BCUT2D eigenvalue weighted by Crippen LogP contribution is -2.13. The molecule has 1 aromatic heterocycles. The van der Waals surface area contributed by atoms with Gasteiger partial charge in [-0.2, -0.15) is 5.10 Å². The second-order valence-electron chi connectivity index (χ2n) is 4.74. The van der Waals surface area contributed by atoms with Crippen LogP contribution in [0.5, 0.6) is 0 Å². The second-order valence-corrected chi connectivity index (χ2v) is 5.60. The number of anilines is 1. The fourth-order valence-corrected chi connectivity index (χ4v) is 2.73. The van der Waals surface area contributed by atoms with Crippen LogP contribution in [0, 0.1) is 6.92 Å². The van der Waals surface area contributed by atoms with E-state index in [0.29, 0.717) is 12.2 Å². The molecule has 0 saturated heterocycles. The number of benzene rings is 1. The molecule has 3 aromatic rings. The molecule has 0 amide bonds. The molecule has 0 aliphatic heterocycles. The van der Waals surface area contributed by atoms with E-state index in [1.807, 2.05) is 43.3 Å². The molecule has 0 aliphatic carbocycles. The summed E-state index contributed by atoms with van der Waals surface area (Å²) in [6.07, 6.45) is 0. The average molecular weight is 344 g/mol. The van der Waals surface area contributed by atoms with Gasteiger partial charge >= 0.3 is 0 Å². The normalized spacial score (nSPS) is 10.8. The van der Waals surface area contributed by atoms with Crippen LogP contribution in [0.2, 0.25) is 0 Å². The molecule has 0 radical (unpaired) electrons. The van der Waals surface area contributed by atoms with Crippen molar-refractivity contribution in [3.8, 4) is 0 Å². The zero-order valence-corrected chi connectivity index (χ0v) is 13.1. The fourth-order valence-electron chi connectivity index (χ4n) is 2.31. The standard InChI is InChI=1S/C16H14BrN3O/c1-11-12-6-2-5-9-15(21)16(12)20(19-11)10-18-14-8-4-3-7-13(14)17/h2-9,18H,10H2,1H3. The molecule has 1 N–H and O–H groups in total. The first-order valence-corrected chi connectivity index (χ1v) is 7.41. The third kappa shape index (κ3) is 2.69. The SMILES string of the molecule is Cc1nn(CNc2ccccc2Br)c2c(=O)ccccc12. The summed E-state index contributed by atoms with van der Waals surface area (Å²) in [6.45, 7) is 2.35. The van der Waals surface area contributed by atoms with Gasteiger partial charge in [-0.3, -0.25) is 4.79 Å². The molecule has 0 aliphatic rings. The van der Waals surface area contributed by atoms with Crippen LogP contribution in [0.25, 0.3) is 10.9 Å². The average Bonchev–Trinajstić information content (AvgIpc) is 2.65. The lowest BCUT2D eigenvalue weighted by Gasteiger charge is -2.08. The Morgan fingerprint density at radius 3 is 2.67 bits per heavy atom. The predicted octanol–water partition coefficient (Wildman–Crippen LogP) is 3.54. The van der Waals surface area contributed by atoms with Crippen molar-refractivity contribution in [3.05, 3.63) is 68.9 Å². The van der Waals surface area contributed by atoms with Crippen LogP contribution in [-0.4, -0.2) is 9.78 Å². The highest BCUT2D eigenvalue weighted by Crippen LogP contribution is 2.21. The number of nitrogens with zero attached hydrogens (tertiary/aromatic N) is 2. The summed E-state index contributed by atoms with van der Waals surface area (Å²) < 4.78 is 2.69. The minimum Gasteiger partial charge on any atom is -0.365 e. The van der Waals surface area contributed by atoms with Gasteiger partial charge in [-0.25, -0.2) is 4.68 Å². The minimum atomic E-state index is -0.0236. The van der Waals surface area contributed by atoms with Gasteiger partial charge in [0, 0.05) is 15.5 Å². The lowest BCUT2D eigenvalue weighted by atomic mass is 10.3. The Kier molecular flexibility index (Phi) is 3.75. The molecule has 4 nitrogen and oxygen atoms in total. The monoisotopic (exact) mass is 343 g/mol. The van der Waals surface area contributed by atoms with Crippen LogP contribution < -0.4 is 10.7 Å². The first-order valence-electron chi connectivity index (χ1n) is 6.61. The second kappa shape index (κ2) is 5.69. The highest BCUT2D eigenvalue weighted by Gasteiger charge is 2.09. The van der Waals surface area contributed by atoms with Crippen LogP contribution in [0.3, 0.4) is 0 Å². The molecule has 1 heterocycles. The van der Waals surface area contributed by atoms with Gasteiger partial charge in [0.05, 0.1) is 5.69 Å². The van der Waals surface area contributed by atoms with Gasteiger partial charge in [-0.15, -0.1) is 0 Å². The number of fused-ring (bicyclic) bond motifs is 1. The summed E-state index contributed by atoms with van der Waals surface area (Å²) in [5.41, 5.74) is 2.42. The topological polar surface area (TPSA) is 46.9 Å². The van der Waals surface area contributed by atoms with Gasteiger partial charge in [0.2, 0.25) is 5.43 Å². The van der Waals surface area contributed by atoms with Gasteiger partial charge in [-0.1, -0.05) is 30.3 Å². The van der Waals surface area contributed by atoms with Gasteiger partial charge in [-0.05, 0) is 41.1 Å². The van der Waals surface area contributed by atoms with Crippen molar-refractivity contribution in [2.75, 3.05) is 5.32 Å². The molecule has 0 saturated carbocycles. The maximum Gasteiger partial charge on any atom is 0.204 e. The summed E-state index contributed by atoms with van der Waals surface area (Å²) in [7, 11) is 0. The molecule has 0 spiro atoms. The zero-order chi connectivity index (χ0) is 14.8. The highest BCUT2D eigenvalue weighted by molar-refractivity contribution is 9.10. The molecule has 0 atom stereocenters. The Morgan fingerprint density at radius 2 is 1.86 bits per heavy atom. The Bertz CT molecular complexity index is 858. The minimum absolute atomic E-state index is 0.0236. The summed E-state index contributed by atoms with van der Waals surface area (Å²) >= 11 is 3.49. The molecule has 0 fully saturated rings. The number of aromatic nitrogens is 2. The lowest BCUT2D eigenvalue weighted by molar-refractivity contribution is 0.684. The van der Waals surface area contributed by atoms with Crippen molar-refractivity contribution >= 4 is 32.5 Å². The van der Waals surface area contributed by atoms with Crippen molar-refractivity contribution in [2.45, 2.75) is 13.6 Å². The van der Waals surface area contributed by atoms with E-state index in [2.05, 4.69) is 26.3 Å². The van der Waals surface area contributed by atoms with E-state index in [9.17, 15) is 4.79 Å². The number of hydrogen-bond donors (Lipinski definition) is 1. The largest absolute Gasteiger partial charge is 0.365 e. The van der Waals surface area contributed by atoms with E-state index in [-0.39, 0.29) is 5.43 Å². The summed E-state index contributed by atoms with van der Waals surface area (Å²) in [5.74, 6) is 0. The first kappa shape index (κ1) is 13.8. The molecule has 2 aromatic carbocycles. The molecule has 0 unspecified atom stereocenters. The highest BCUT2D eigenvalue weighted by atomic mass is 79.9. The third-order valence-electron chi connectivity index (χ3n) is 3.32. The van der Waals surface area contributed by atoms with E-state index in [1.165, 1.54) is 0 Å². The van der Waals surface area contributed by atoms with Crippen molar-refractivity contribution in [2.24, 2.45) is 0 Å². The maximum atomic E-state index is 12.2. The molecular formula is C16H14BrN3O. The third-order valence-corrected chi connectivity index (χ3v) is 4.01. The van der Waals surface area contributed by atoms with Crippen molar-refractivity contribution < 1.29 is 0 Å². The van der Waals surface area contributed by atoms with Crippen molar-refractivity contribution in [1.29, 1.82) is 0 Å². The van der Waals surface area contributed by atoms with E-state index in [1.54, 1.807) is 16.8 Å². The predicted molar refractivity (Wildman–Crippen MR) is 88.5 cm³/mol. The fraction of sp³-hybridized carbons (Fsp3) is 0.125. The number of aryl methyl sites for hydroxylation is 1. The zero-order valence-electron chi connectivity index (χ0n) is 11.5. The summed E-state index contributed by atoms with van der Waals surface area (Å²) in [4.78, 5) is 12.2. The number of para-hydroxylation sites is 1. The molecular weight excluding hydrogens is 330 g/mol. The Hall–Kier alpha value is -2.14. The number of halogens is 1. The molecule has 5 heteroatoms. The number of nitrogens with one attached hydrogen (secondary N) is 1. The maximum absolute atomic E-state index is 12.2. The van der Waals surface area contributed by atoms with Crippen LogP contribution in [0.1, 0.15) is 5.69 Å². The van der Waals surface area contributed by atoms with E-state index >= 15 is 0 Å². The van der Waals surface area contributed by atoms with Crippen LogP contribution in [0.15, 0.2) is 57.8 Å². The van der Waals surface area contributed by atoms with Crippen LogP contribution in [-0.2, 0) is 6.67 Å². The Morgan fingerprint density at radius 1 is 1.14 bits per heavy atom. The van der Waals surface area contributed by atoms with Crippen LogP contribution >= 0.6 is 15.9 Å². The quantitative estimate of drug-likeness (QED) is 0.791. The Balaban J connectivity index is 2.01.